The number of nitrogen functional groups attached to an aromatic ring is 1. The monoisotopic (exact) mass is 249 g/mol. The van der Waals surface area contributed by atoms with Gasteiger partial charge in [-0.2, -0.15) is 0 Å². The largest absolute Gasteiger partial charge is 0.383 e. The van der Waals surface area contributed by atoms with Crippen LogP contribution >= 0.6 is 0 Å². The van der Waals surface area contributed by atoms with Gasteiger partial charge < -0.3 is 5.73 Å². The Balaban J connectivity index is 1.96. The van der Waals surface area contributed by atoms with E-state index in [2.05, 4.69) is 29.3 Å². The van der Waals surface area contributed by atoms with Gasteiger partial charge in [0, 0.05) is 6.20 Å². The van der Waals surface area contributed by atoms with E-state index in [1.807, 2.05) is 47.9 Å². The standard InChI is InChI=1S/C16H15N3/c1-12-16(17)19-10-9-14(11-15(19)18-12)8-7-13-5-3-2-4-6-13/h2-11H,17H2,1H3. The van der Waals surface area contributed by atoms with Gasteiger partial charge in [-0.1, -0.05) is 42.5 Å². The molecule has 2 heterocycles. The fourth-order valence-corrected chi connectivity index (χ4v) is 2.06. The van der Waals surface area contributed by atoms with Crippen molar-refractivity contribution >= 4 is 23.6 Å². The first-order valence-electron chi connectivity index (χ1n) is 6.21. The maximum atomic E-state index is 5.94. The highest BCUT2D eigenvalue weighted by atomic mass is 15.1. The third-order valence-electron chi connectivity index (χ3n) is 3.14. The summed E-state index contributed by atoms with van der Waals surface area (Å²) in [7, 11) is 0. The van der Waals surface area contributed by atoms with E-state index >= 15 is 0 Å². The number of benzene rings is 1. The van der Waals surface area contributed by atoms with Gasteiger partial charge in [0.1, 0.15) is 11.5 Å². The highest BCUT2D eigenvalue weighted by Crippen LogP contribution is 2.16. The molecule has 0 atom stereocenters. The first-order valence-corrected chi connectivity index (χ1v) is 6.21. The Morgan fingerprint density at radius 2 is 1.79 bits per heavy atom. The smallest absolute Gasteiger partial charge is 0.139 e. The first kappa shape index (κ1) is 11.5. The molecule has 3 aromatic rings. The van der Waals surface area contributed by atoms with Crippen molar-refractivity contribution in [2.75, 3.05) is 5.73 Å². The first-order chi connectivity index (χ1) is 9.24. The molecule has 2 N–H and O–H groups in total. The van der Waals surface area contributed by atoms with Crippen molar-refractivity contribution in [3.05, 3.63) is 65.5 Å². The van der Waals surface area contributed by atoms with Gasteiger partial charge in [0.25, 0.3) is 0 Å². The quantitative estimate of drug-likeness (QED) is 0.756. The summed E-state index contributed by atoms with van der Waals surface area (Å²) in [6, 6.07) is 14.3. The molecule has 3 nitrogen and oxygen atoms in total. The third kappa shape index (κ3) is 2.22. The molecule has 19 heavy (non-hydrogen) atoms. The van der Waals surface area contributed by atoms with Crippen LogP contribution < -0.4 is 5.73 Å². The fraction of sp³-hybridized carbons (Fsp3) is 0.0625. The molecular formula is C16H15N3. The van der Waals surface area contributed by atoms with E-state index in [1.165, 1.54) is 5.56 Å². The number of hydrogen-bond donors (Lipinski definition) is 1. The topological polar surface area (TPSA) is 43.3 Å². The molecule has 0 radical (unpaired) electrons. The second-order valence-corrected chi connectivity index (χ2v) is 4.51. The van der Waals surface area contributed by atoms with Gasteiger partial charge in [-0.25, -0.2) is 4.98 Å². The van der Waals surface area contributed by atoms with Crippen LogP contribution in [0.4, 0.5) is 5.82 Å². The summed E-state index contributed by atoms with van der Waals surface area (Å²) in [6.45, 7) is 1.92. The van der Waals surface area contributed by atoms with Crippen LogP contribution in [0.25, 0.3) is 17.8 Å². The van der Waals surface area contributed by atoms with E-state index in [1.54, 1.807) is 0 Å². The Labute approximate surface area is 112 Å². The average molecular weight is 249 g/mol. The van der Waals surface area contributed by atoms with Crippen molar-refractivity contribution in [2.24, 2.45) is 0 Å². The molecule has 3 rings (SSSR count). The van der Waals surface area contributed by atoms with Crippen LogP contribution in [0.15, 0.2) is 48.7 Å². The van der Waals surface area contributed by atoms with Crippen LogP contribution in [0.2, 0.25) is 0 Å². The molecule has 94 valence electrons. The van der Waals surface area contributed by atoms with Crippen molar-refractivity contribution in [3.8, 4) is 0 Å². The Kier molecular flexibility index (Phi) is 2.80. The molecule has 0 saturated heterocycles. The van der Waals surface area contributed by atoms with E-state index in [-0.39, 0.29) is 0 Å². The number of rotatable bonds is 2. The van der Waals surface area contributed by atoms with Gasteiger partial charge in [0.15, 0.2) is 0 Å². The number of pyridine rings is 1. The van der Waals surface area contributed by atoms with E-state index in [9.17, 15) is 0 Å². The molecule has 0 amide bonds. The number of hydrogen-bond acceptors (Lipinski definition) is 2. The molecule has 0 bridgehead atoms. The Morgan fingerprint density at radius 3 is 2.58 bits per heavy atom. The van der Waals surface area contributed by atoms with Crippen molar-refractivity contribution in [1.82, 2.24) is 9.38 Å². The van der Waals surface area contributed by atoms with Gasteiger partial charge in [0.2, 0.25) is 0 Å². The van der Waals surface area contributed by atoms with E-state index in [0.29, 0.717) is 5.82 Å². The fourth-order valence-electron chi connectivity index (χ4n) is 2.06. The zero-order valence-electron chi connectivity index (χ0n) is 10.7. The number of fused-ring (bicyclic) bond motifs is 1. The summed E-state index contributed by atoms with van der Waals surface area (Å²) < 4.78 is 1.90. The summed E-state index contributed by atoms with van der Waals surface area (Å²) in [5, 5.41) is 0. The Bertz CT molecular complexity index is 739. The molecule has 3 heteroatoms. The minimum atomic E-state index is 0.702. The number of nitrogens with zero attached hydrogens (tertiary/aromatic N) is 2. The summed E-state index contributed by atoms with van der Waals surface area (Å²) in [5.41, 5.74) is 9.97. The minimum Gasteiger partial charge on any atom is -0.383 e. The highest BCUT2D eigenvalue weighted by molar-refractivity contribution is 5.71. The van der Waals surface area contributed by atoms with Gasteiger partial charge in [0.05, 0.1) is 5.69 Å². The summed E-state index contributed by atoms with van der Waals surface area (Å²) in [6.07, 6.45) is 6.12. The van der Waals surface area contributed by atoms with Gasteiger partial charge in [-0.3, -0.25) is 4.40 Å². The number of aromatic nitrogens is 2. The SMILES string of the molecule is Cc1nc2cc(C=Cc3ccccc3)ccn2c1N. The number of aryl methyl sites for hydroxylation is 1. The van der Waals surface area contributed by atoms with Gasteiger partial charge in [-0.15, -0.1) is 0 Å². The van der Waals surface area contributed by atoms with E-state index in [4.69, 9.17) is 5.73 Å². The molecule has 0 fully saturated rings. The molecule has 2 aromatic heterocycles. The van der Waals surface area contributed by atoms with Crippen LogP contribution in [0, 0.1) is 6.92 Å². The zero-order chi connectivity index (χ0) is 13.2. The van der Waals surface area contributed by atoms with Crippen molar-refractivity contribution in [1.29, 1.82) is 0 Å². The van der Waals surface area contributed by atoms with Crippen LogP contribution in [0.3, 0.4) is 0 Å². The number of anilines is 1. The molecule has 0 saturated carbocycles. The lowest BCUT2D eigenvalue weighted by molar-refractivity contribution is 1.19. The molecule has 0 aliphatic carbocycles. The number of nitrogens with two attached hydrogens (primary N) is 1. The summed E-state index contributed by atoms with van der Waals surface area (Å²) in [5.74, 6) is 0.702. The van der Waals surface area contributed by atoms with Gasteiger partial charge >= 0.3 is 0 Å². The molecule has 0 spiro atoms. The van der Waals surface area contributed by atoms with E-state index < -0.39 is 0 Å². The maximum absolute atomic E-state index is 5.94. The molecule has 0 unspecified atom stereocenters. The molecule has 1 aromatic carbocycles. The van der Waals surface area contributed by atoms with Crippen LogP contribution in [0.1, 0.15) is 16.8 Å². The van der Waals surface area contributed by atoms with Crippen LogP contribution in [-0.2, 0) is 0 Å². The molecule has 0 aliphatic rings. The lowest BCUT2D eigenvalue weighted by atomic mass is 10.1. The van der Waals surface area contributed by atoms with E-state index in [0.717, 1.165) is 16.9 Å². The predicted molar refractivity (Wildman–Crippen MR) is 79.7 cm³/mol. The number of imidazole rings is 1. The van der Waals surface area contributed by atoms with Crippen molar-refractivity contribution in [3.63, 3.8) is 0 Å². The molecular weight excluding hydrogens is 234 g/mol. The molecule has 0 aliphatic heterocycles. The van der Waals surface area contributed by atoms with Crippen LogP contribution in [0.5, 0.6) is 0 Å². The normalized spacial score (nSPS) is 11.4. The second kappa shape index (κ2) is 4.61. The van der Waals surface area contributed by atoms with Crippen LogP contribution in [-0.4, -0.2) is 9.38 Å². The van der Waals surface area contributed by atoms with Crippen molar-refractivity contribution in [2.45, 2.75) is 6.92 Å². The third-order valence-corrected chi connectivity index (χ3v) is 3.14. The summed E-state index contributed by atoms with van der Waals surface area (Å²) in [4.78, 5) is 4.43. The lowest BCUT2D eigenvalue weighted by Gasteiger charge is -1.98. The van der Waals surface area contributed by atoms with Crippen molar-refractivity contribution < 1.29 is 0 Å². The highest BCUT2D eigenvalue weighted by Gasteiger charge is 2.04. The second-order valence-electron chi connectivity index (χ2n) is 4.51. The lowest BCUT2D eigenvalue weighted by Crippen LogP contribution is -1.93. The Morgan fingerprint density at radius 1 is 1.05 bits per heavy atom. The Hall–Kier alpha value is -2.55. The summed E-state index contributed by atoms with van der Waals surface area (Å²) >= 11 is 0. The zero-order valence-corrected chi connectivity index (χ0v) is 10.7. The minimum absolute atomic E-state index is 0.702. The average Bonchev–Trinajstić information content (AvgIpc) is 2.73. The van der Waals surface area contributed by atoms with Gasteiger partial charge in [-0.05, 0) is 30.2 Å². The predicted octanol–water partition coefficient (Wildman–Crippen LogP) is 3.40. The maximum Gasteiger partial charge on any atom is 0.139 e.